The number of carbonyl (C=O) groups is 3. The standard InChI is InChI=1S/C28H37N3O8S/c1-18-7-13-22(14-8-18)40(36,37)31(25(33)23-16-20(32)17-29-23)24(26(34)39-28(2,3)4)15-19-9-11-21(12-10-19)38-27(35)30(5)6/h7-14,20,23-24,29,32H,15-17H2,1-6H3/t20-,23+,24+/m1/s1. The van der Waals surface area contributed by atoms with Crippen molar-refractivity contribution < 1.29 is 37.4 Å². The lowest BCUT2D eigenvalue weighted by Crippen LogP contribution is -2.55. The number of nitrogens with zero attached hydrogens (tertiary/aromatic N) is 2. The van der Waals surface area contributed by atoms with Crippen LogP contribution in [-0.2, 0) is 30.8 Å². The first-order chi connectivity index (χ1) is 18.6. The van der Waals surface area contributed by atoms with Gasteiger partial charge in [0, 0.05) is 27.1 Å². The van der Waals surface area contributed by atoms with Crippen molar-refractivity contribution in [1.82, 2.24) is 14.5 Å². The number of aliphatic hydroxyl groups is 1. The average Bonchev–Trinajstić information content (AvgIpc) is 3.30. The Kier molecular flexibility index (Phi) is 9.60. The van der Waals surface area contributed by atoms with Crippen LogP contribution in [0.5, 0.6) is 5.75 Å². The van der Waals surface area contributed by atoms with Crippen molar-refractivity contribution in [2.45, 2.75) is 69.2 Å². The van der Waals surface area contributed by atoms with E-state index in [4.69, 9.17) is 9.47 Å². The average molecular weight is 576 g/mol. The number of aryl methyl sites for hydroxylation is 1. The van der Waals surface area contributed by atoms with Crippen molar-refractivity contribution in [3.8, 4) is 5.75 Å². The summed E-state index contributed by atoms with van der Waals surface area (Å²) in [6.45, 7) is 6.84. The van der Waals surface area contributed by atoms with E-state index in [0.29, 0.717) is 9.87 Å². The zero-order valence-electron chi connectivity index (χ0n) is 23.6. The predicted molar refractivity (Wildman–Crippen MR) is 147 cm³/mol. The minimum absolute atomic E-state index is 0.00821. The fourth-order valence-corrected chi connectivity index (χ4v) is 5.63. The molecule has 1 aliphatic heterocycles. The van der Waals surface area contributed by atoms with E-state index in [0.717, 1.165) is 5.56 Å². The zero-order chi connectivity index (χ0) is 29.8. The van der Waals surface area contributed by atoms with Crippen LogP contribution in [0.2, 0.25) is 0 Å². The Bertz CT molecular complexity index is 1320. The fraction of sp³-hybridized carbons (Fsp3) is 0.464. The van der Waals surface area contributed by atoms with Crippen LogP contribution in [0.4, 0.5) is 4.79 Å². The third-order valence-electron chi connectivity index (χ3n) is 6.09. The number of rotatable bonds is 8. The Morgan fingerprint density at radius 1 is 1.05 bits per heavy atom. The highest BCUT2D eigenvalue weighted by Gasteiger charge is 2.45. The topological polar surface area (TPSA) is 143 Å². The first kappa shape index (κ1) is 31.1. The Hall–Kier alpha value is -3.48. The van der Waals surface area contributed by atoms with Crippen molar-refractivity contribution in [2.24, 2.45) is 0 Å². The molecule has 0 bridgehead atoms. The Balaban J connectivity index is 2.07. The lowest BCUT2D eigenvalue weighted by molar-refractivity contribution is -0.162. The molecule has 3 rings (SSSR count). The second-order valence-corrected chi connectivity index (χ2v) is 12.8. The molecule has 2 aromatic carbocycles. The number of nitrogens with one attached hydrogen (secondary N) is 1. The lowest BCUT2D eigenvalue weighted by atomic mass is 10.0. The Morgan fingerprint density at radius 3 is 2.15 bits per heavy atom. The molecule has 2 amide bonds. The van der Waals surface area contributed by atoms with Gasteiger partial charge in [0.25, 0.3) is 15.9 Å². The van der Waals surface area contributed by atoms with Gasteiger partial charge >= 0.3 is 12.1 Å². The molecule has 0 saturated carbocycles. The van der Waals surface area contributed by atoms with E-state index in [1.165, 1.54) is 29.2 Å². The van der Waals surface area contributed by atoms with E-state index in [2.05, 4.69) is 5.32 Å². The first-order valence-electron chi connectivity index (χ1n) is 12.9. The minimum atomic E-state index is -4.54. The highest BCUT2D eigenvalue weighted by atomic mass is 32.2. The van der Waals surface area contributed by atoms with Gasteiger partial charge in [-0.25, -0.2) is 22.3 Å². The van der Waals surface area contributed by atoms with Crippen molar-refractivity contribution in [3.05, 3.63) is 59.7 Å². The number of carbonyl (C=O) groups excluding carboxylic acids is 3. The van der Waals surface area contributed by atoms with Crippen LogP contribution >= 0.6 is 0 Å². The number of esters is 1. The van der Waals surface area contributed by atoms with E-state index in [1.807, 2.05) is 0 Å². The quantitative estimate of drug-likeness (QED) is 0.453. The Labute approximate surface area is 235 Å². The van der Waals surface area contributed by atoms with Gasteiger partial charge in [0.15, 0.2) is 0 Å². The van der Waals surface area contributed by atoms with Gasteiger partial charge < -0.3 is 24.8 Å². The van der Waals surface area contributed by atoms with Gasteiger partial charge in [0.2, 0.25) is 0 Å². The highest BCUT2D eigenvalue weighted by Crippen LogP contribution is 2.27. The number of amides is 2. The maximum atomic E-state index is 14.0. The van der Waals surface area contributed by atoms with Gasteiger partial charge in [-0.05, 0) is 63.9 Å². The van der Waals surface area contributed by atoms with Crippen molar-refractivity contribution in [3.63, 3.8) is 0 Å². The van der Waals surface area contributed by atoms with Crippen molar-refractivity contribution >= 4 is 28.0 Å². The van der Waals surface area contributed by atoms with Gasteiger partial charge in [-0.3, -0.25) is 4.79 Å². The summed E-state index contributed by atoms with van der Waals surface area (Å²) in [5.74, 6) is -1.52. The van der Waals surface area contributed by atoms with Crippen LogP contribution in [0.25, 0.3) is 0 Å². The normalized spacial score (nSPS) is 18.1. The third kappa shape index (κ3) is 7.80. The summed E-state index contributed by atoms with van der Waals surface area (Å²) in [6, 6.07) is 9.55. The molecule has 40 heavy (non-hydrogen) atoms. The van der Waals surface area contributed by atoms with Crippen molar-refractivity contribution in [2.75, 3.05) is 20.6 Å². The number of hydrogen-bond donors (Lipinski definition) is 2. The van der Waals surface area contributed by atoms with Crippen molar-refractivity contribution in [1.29, 1.82) is 0 Å². The molecule has 0 spiro atoms. The summed E-state index contributed by atoms with van der Waals surface area (Å²) in [7, 11) is -1.45. The molecular weight excluding hydrogens is 538 g/mol. The molecule has 3 atom stereocenters. The van der Waals surface area contributed by atoms with Gasteiger partial charge in [-0.2, -0.15) is 0 Å². The molecule has 12 heteroatoms. The van der Waals surface area contributed by atoms with E-state index >= 15 is 0 Å². The number of benzene rings is 2. The molecule has 0 unspecified atom stereocenters. The molecule has 0 aromatic heterocycles. The maximum absolute atomic E-state index is 14.0. The second kappa shape index (κ2) is 12.4. The molecule has 1 aliphatic rings. The molecular formula is C28H37N3O8S. The molecule has 218 valence electrons. The third-order valence-corrected chi connectivity index (χ3v) is 7.91. The number of ether oxygens (including phenoxy) is 2. The lowest BCUT2D eigenvalue weighted by Gasteiger charge is -2.33. The zero-order valence-corrected chi connectivity index (χ0v) is 24.4. The van der Waals surface area contributed by atoms with E-state index in [1.54, 1.807) is 66.1 Å². The second-order valence-electron chi connectivity index (χ2n) is 11.0. The largest absolute Gasteiger partial charge is 0.458 e. The minimum Gasteiger partial charge on any atom is -0.458 e. The number of aliphatic hydroxyl groups excluding tert-OH is 1. The fourth-order valence-electron chi connectivity index (χ4n) is 4.06. The maximum Gasteiger partial charge on any atom is 0.414 e. The van der Waals surface area contributed by atoms with Gasteiger partial charge in [0.1, 0.15) is 17.4 Å². The smallest absolute Gasteiger partial charge is 0.414 e. The predicted octanol–water partition coefficient (Wildman–Crippen LogP) is 2.25. The van der Waals surface area contributed by atoms with E-state index < -0.39 is 51.8 Å². The number of β-amino-alcohol motifs (C(OH)–C–C–N with tert-alkyl or cyclic N) is 1. The van der Waals surface area contributed by atoms with Gasteiger partial charge in [-0.1, -0.05) is 29.8 Å². The van der Waals surface area contributed by atoms with Crippen LogP contribution in [0.1, 0.15) is 38.3 Å². The molecule has 1 saturated heterocycles. The monoisotopic (exact) mass is 575 g/mol. The molecule has 1 fully saturated rings. The summed E-state index contributed by atoms with van der Waals surface area (Å²) >= 11 is 0. The number of sulfonamides is 1. The first-order valence-corrected chi connectivity index (χ1v) is 14.3. The number of hydrogen-bond acceptors (Lipinski definition) is 9. The van der Waals surface area contributed by atoms with Crippen LogP contribution < -0.4 is 10.1 Å². The van der Waals surface area contributed by atoms with E-state index in [-0.39, 0.29) is 30.0 Å². The molecule has 0 aliphatic carbocycles. The summed E-state index contributed by atoms with van der Waals surface area (Å²) < 4.78 is 39.4. The van der Waals surface area contributed by atoms with Gasteiger partial charge in [0.05, 0.1) is 17.0 Å². The molecule has 1 heterocycles. The Morgan fingerprint density at radius 2 is 1.65 bits per heavy atom. The molecule has 2 N–H and O–H groups in total. The van der Waals surface area contributed by atoms with Crippen LogP contribution in [0.15, 0.2) is 53.4 Å². The summed E-state index contributed by atoms with van der Waals surface area (Å²) in [4.78, 5) is 40.4. The molecule has 2 aromatic rings. The van der Waals surface area contributed by atoms with Crippen LogP contribution in [0.3, 0.4) is 0 Å². The van der Waals surface area contributed by atoms with Crippen LogP contribution in [-0.4, -0.2) is 85.1 Å². The summed E-state index contributed by atoms with van der Waals surface area (Å²) in [5.41, 5.74) is 0.344. The van der Waals surface area contributed by atoms with Crippen LogP contribution in [0, 0.1) is 6.92 Å². The molecule has 0 radical (unpaired) electrons. The SMILES string of the molecule is Cc1ccc(S(=O)(=O)N(C(=O)[C@@H]2C[C@@H](O)CN2)[C@@H](Cc2ccc(OC(=O)N(C)C)cc2)C(=O)OC(C)(C)C)cc1. The summed E-state index contributed by atoms with van der Waals surface area (Å²) in [6.07, 6.45) is -1.63. The molecule has 11 nitrogen and oxygen atoms in total. The van der Waals surface area contributed by atoms with E-state index in [9.17, 15) is 27.9 Å². The van der Waals surface area contributed by atoms with Gasteiger partial charge in [-0.15, -0.1) is 0 Å². The highest BCUT2D eigenvalue weighted by molar-refractivity contribution is 7.89. The summed E-state index contributed by atoms with van der Waals surface area (Å²) in [5, 5.41) is 12.9.